The molecule has 0 aliphatic heterocycles. The lowest BCUT2D eigenvalue weighted by atomic mass is 10.1. The van der Waals surface area contributed by atoms with E-state index in [2.05, 4.69) is 21.9 Å². The summed E-state index contributed by atoms with van der Waals surface area (Å²) in [6.07, 6.45) is 2.37. The van der Waals surface area contributed by atoms with Crippen LogP contribution < -0.4 is 5.32 Å². The molecule has 1 N–H and O–H groups in total. The molecule has 2 aromatic heterocycles. The van der Waals surface area contributed by atoms with Gasteiger partial charge in [-0.15, -0.1) is 11.3 Å². The largest absolute Gasteiger partial charge is 0.322 e. The Morgan fingerprint density at radius 3 is 2.80 bits per heavy atom. The minimum Gasteiger partial charge on any atom is -0.322 e. The molecule has 0 unspecified atom stereocenters. The fourth-order valence-corrected chi connectivity index (χ4v) is 3.71. The molecule has 0 bridgehead atoms. The van der Waals surface area contributed by atoms with Crippen molar-refractivity contribution in [3.05, 3.63) is 77.4 Å². The summed E-state index contributed by atoms with van der Waals surface area (Å²) in [4.78, 5) is 12.8. The number of hydrogen-bond acceptors (Lipinski definition) is 3. The molecule has 0 aliphatic carbocycles. The number of fused-ring (bicyclic) bond motifs is 1. The number of aromatic nitrogens is 2. The van der Waals surface area contributed by atoms with Crippen LogP contribution in [0.5, 0.6) is 0 Å². The number of carbonyl (C=O) groups is 1. The summed E-state index contributed by atoms with van der Waals surface area (Å²) < 4.78 is 3.04. The summed E-state index contributed by atoms with van der Waals surface area (Å²) in [7, 11) is 0. The highest BCUT2D eigenvalue weighted by Gasteiger charge is 2.17. The Hall–Kier alpha value is -2.92. The highest BCUT2D eigenvalue weighted by molar-refractivity contribution is 7.17. The Kier molecular flexibility index (Phi) is 4.07. The van der Waals surface area contributed by atoms with Gasteiger partial charge in [0.25, 0.3) is 5.91 Å². The Morgan fingerprint density at radius 1 is 1.16 bits per heavy atom. The molecule has 4 aromatic rings. The van der Waals surface area contributed by atoms with Gasteiger partial charge >= 0.3 is 0 Å². The zero-order valence-electron chi connectivity index (χ0n) is 13.8. The van der Waals surface area contributed by atoms with Gasteiger partial charge in [0.2, 0.25) is 0 Å². The number of amides is 1. The van der Waals surface area contributed by atoms with E-state index >= 15 is 0 Å². The number of anilines is 1. The SMILES string of the molecule is CCc1c(C(=O)Nc2ccc3sccc3c2)cnn1-c1ccccc1. The third kappa shape index (κ3) is 2.94. The molecule has 124 valence electrons. The first-order chi connectivity index (χ1) is 12.3. The molecule has 0 saturated carbocycles. The van der Waals surface area contributed by atoms with Crippen molar-refractivity contribution in [3.63, 3.8) is 0 Å². The number of rotatable bonds is 4. The van der Waals surface area contributed by atoms with Crippen LogP contribution in [-0.4, -0.2) is 15.7 Å². The number of carbonyl (C=O) groups excluding carboxylic acids is 1. The average molecular weight is 347 g/mol. The molecule has 0 saturated heterocycles. The molecule has 0 aliphatic rings. The fraction of sp³-hybridized carbons (Fsp3) is 0.100. The van der Waals surface area contributed by atoms with Crippen LogP contribution in [0.4, 0.5) is 5.69 Å². The van der Waals surface area contributed by atoms with Crippen LogP contribution in [0.1, 0.15) is 23.0 Å². The third-order valence-electron chi connectivity index (χ3n) is 4.16. The van der Waals surface area contributed by atoms with Crippen LogP contribution in [0.15, 0.2) is 66.2 Å². The van der Waals surface area contributed by atoms with Gasteiger partial charge in [0.05, 0.1) is 23.1 Å². The molecular formula is C20H17N3OS. The lowest BCUT2D eigenvalue weighted by Gasteiger charge is -2.08. The van der Waals surface area contributed by atoms with Crippen LogP contribution >= 0.6 is 11.3 Å². The lowest BCUT2D eigenvalue weighted by Crippen LogP contribution is -2.14. The second-order valence-electron chi connectivity index (χ2n) is 5.73. The molecule has 2 aromatic carbocycles. The smallest absolute Gasteiger partial charge is 0.259 e. The van der Waals surface area contributed by atoms with Crippen LogP contribution in [0.2, 0.25) is 0 Å². The molecule has 2 heterocycles. The quantitative estimate of drug-likeness (QED) is 0.571. The molecule has 0 fully saturated rings. The molecule has 5 heteroatoms. The Morgan fingerprint density at radius 2 is 2.00 bits per heavy atom. The van der Waals surface area contributed by atoms with E-state index in [9.17, 15) is 4.79 Å². The molecule has 0 atom stereocenters. The van der Waals surface area contributed by atoms with Crippen molar-refractivity contribution >= 4 is 33.0 Å². The minimum atomic E-state index is -0.131. The second kappa shape index (κ2) is 6.53. The van der Waals surface area contributed by atoms with E-state index < -0.39 is 0 Å². The standard InChI is InChI=1S/C20H17N3OS/c1-2-18-17(13-21-23(18)16-6-4-3-5-7-16)20(24)22-15-8-9-19-14(12-15)10-11-25-19/h3-13H,2H2,1H3,(H,22,24). The van der Waals surface area contributed by atoms with Gasteiger partial charge in [-0.2, -0.15) is 5.10 Å². The molecule has 0 spiro atoms. The van der Waals surface area contributed by atoms with Gasteiger partial charge in [-0.1, -0.05) is 25.1 Å². The number of nitrogens with zero attached hydrogens (tertiary/aromatic N) is 2. The number of hydrogen-bond donors (Lipinski definition) is 1. The topological polar surface area (TPSA) is 46.9 Å². The number of benzene rings is 2. The maximum Gasteiger partial charge on any atom is 0.259 e. The van der Waals surface area contributed by atoms with Crippen molar-refractivity contribution in [2.24, 2.45) is 0 Å². The van der Waals surface area contributed by atoms with E-state index in [0.717, 1.165) is 28.9 Å². The second-order valence-corrected chi connectivity index (χ2v) is 6.68. The third-order valence-corrected chi connectivity index (χ3v) is 5.06. The summed E-state index contributed by atoms with van der Waals surface area (Å²) >= 11 is 1.69. The average Bonchev–Trinajstić information content (AvgIpc) is 3.28. The summed E-state index contributed by atoms with van der Waals surface area (Å²) in [6.45, 7) is 2.03. The monoisotopic (exact) mass is 347 g/mol. The van der Waals surface area contributed by atoms with E-state index in [-0.39, 0.29) is 5.91 Å². The fourth-order valence-electron chi connectivity index (χ4n) is 2.94. The zero-order chi connectivity index (χ0) is 17.2. The van der Waals surface area contributed by atoms with Gasteiger partial charge in [0.15, 0.2) is 0 Å². The van der Waals surface area contributed by atoms with E-state index in [1.54, 1.807) is 17.5 Å². The van der Waals surface area contributed by atoms with Crippen molar-refractivity contribution in [3.8, 4) is 5.69 Å². The first kappa shape index (κ1) is 15.6. The van der Waals surface area contributed by atoms with Gasteiger partial charge in [-0.3, -0.25) is 4.79 Å². The first-order valence-electron chi connectivity index (χ1n) is 8.17. The predicted octanol–water partition coefficient (Wildman–Crippen LogP) is 4.90. The van der Waals surface area contributed by atoms with E-state index in [1.807, 2.05) is 60.1 Å². The Balaban J connectivity index is 1.64. The van der Waals surface area contributed by atoms with E-state index in [0.29, 0.717) is 5.56 Å². The molecule has 0 radical (unpaired) electrons. The van der Waals surface area contributed by atoms with Crippen LogP contribution in [0.25, 0.3) is 15.8 Å². The van der Waals surface area contributed by atoms with Gasteiger partial charge in [-0.05, 0) is 53.6 Å². The zero-order valence-corrected chi connectivity index (χ0v) is 14.6. The van der Waals surface area contributed by atoms with Crippen LogP contribution in [-0.2, 0) is 6.42 Å². The minimum absolute atomic E-state index is 0.131. The van der Waals surface area contributed by atoms with Crippen molar-refractivity contribution in [1.29, 1.82) is 0 Å². The highest BCUT2D eigenvalue weighted by atomic mass is 32.1. The number of nitrogens with one attached hydrogen (secondary N) is 1. The highest BCUT2D eigenvalue weighted by Crippen LogP contribution is 2.25. The summed E-state index contributed by atoms with van der Waals surface area (Å²) in [5.74, 6) is -0.131. The van der Waals surface area contributed by atoms with Gasteiger partial charge < -0.3 is 5.32 Å². The summed E-state index contributed by atoms with van der Waals surface area (Å²) in [5.41, 5.74) is 3.26. The number of para-hydroxylation sites is 1. The van der Waals surface area contributed by atoms with Crippen molar-refractivity contribution in [2.45, 2.75) is 13.3 Å². The van der Waals surface area contributed by atoms with Crippen molar-refractivity contribution in [1.82, 2.24) is 9.78 Å². The molecule has 4 nitrogen and oxygen atoms in total. The Labute approximate surface area is 149 Å². The van der Waals surface area contributed by atoms with Gasteiger partial charge in [0, 0.05) is 10.4 Å². The van der Waals surface area contributed by atoms with E-state index in [4.69, 9.17) is 0 Å². The molecular weight excluding hydrogens is 330 g/mol. The first-order valence-corrected chi connectivity index (χ1v) is 9.05. The summed E-state index contributed by atoms with van der Waals surface area (Å²) in [5, 5.41) is 10.6. The molecule has 4 rings (SSSR count). The maximum absolute atomic E-state index is 12.8. The van der Waals surface area contributed by atoms with E-state index in [1.165, 1.54) is 4.70 Å². The van der Waals surface area contributed by atoms with Crippen LogP contribution in [0, 0.1) is 0 Å². The Bertz CT molecular complexity index is 1030. The summed E-state index contributed by atoms with van der Waals surface area (Å²) in [6, 6.07) is 17.9. The van der Waals surface area contributed by atoms with Crippen molar-refractivity contribution in [2.75, 3.05) is 5.32 Å². The van der Waals surface area contributed by atoms with Gasteiger partial charge in [0.1, 0.15) is 0 Å². The van der Waals surface area contributed by atoms with Crippen molar-refractivity contribution < 1.29 is 4.79 Å². The molecule has 1 amide bonds. The lowest BCUT2D eigenvalue weighted by molar-refractivity contribution is 0.102. The molecule has 25 heavy (non-hydrogen) atoms. The van der Waals surface area contributed by atoms with Gasteiger partial charge in [-0.25, -0.2) is 4.68 Å². The number of thiophene rings is 1. The maximum atomic E-state index is 12.8. The van der Waals surface area contributed by atoms with Crippen LogP contribution in [0.3, 0.4) is 0 Å². The normalized spacial score (nSPS) is 10.9. The predicted molar refractivity (Wildman–Crippen MR) is 103 cm³/mol.